The molecule has 150 valence electrons. The summed E-state index contributed by atoms with van der Waals surface area (Å²) in [6.45, 7) is 4.99. The topological polar surface area (TPSA) is 68.2 Å². The zero-order valence-electron chi connectivity index (χ0n) is 16.5. The summed E-state index contributed by atoms with van der Waals surface area (Å²) in [5.41, 5.74) is 2.05. The quantitative estimate of drug-likeness (QED) is 0.518. The third-order valence-corrected chi connectivity index (χ3v) is 5.21. The van der Waals surface area contributed by atoms with E-state index in [0.717, 1.165) is 17.0 Å². The molecule has 1 aliphatic heterocycles. The summed E-state index contributed by atoms with van der Waals surface area (Å²) in [5, 5.41) is 0.638. The lowest BCUT2D eigenvalue weighted by Gasteiger charge is -2.12. The highest BCUT2D eigenvalue weighted by Crippen LogP contribution is 2.34. The third-order valence-electron chi connectivity index (χ3n) is 4.21. The summed E-state index contributed by atoms with van der Waals surface area (Å²) in [5.74, 6) is 0.312. The van der Waals surface area contributed by atoms with Gasteiger partial charge in [0.15, 0.2) is 5.17 Å². The Morgan fingerprint density at radius 3 is 2.38 bits per heavy atom. The number of carbonyl (C=O) groups excluding carboxylic acids is 2. The summed E-state index contributed by atoms with van der Waals surface area (Å²) in [6.07, 6.45) is 1.80. The number of amides is 1. The second-order valence-corrected chi connectivity index (χ2v) is 7.10. The second kappa shape index (κ2) is 9.43. The molecule has 0 spiro atoms. The van der Waals surface area contributed by atoms with Crippen molar-refractivity contribution in [3.05, 3.63) is 64.6 Å². The van der Waals surface area contributed by atoms with Crippen molar-refractivity contribution in [3.63, 3.8) is 0 Å². The lowest BCUT2D eigenvalue weighted by Crippen LogP contribution is -2.28. The van der Waals surface area contributed by atoms with Crippen LogP contribution in [0.1, 0.15) is 29.8 Å². The van der Waals surface area contributed by atoms with Crippen LogP contribution < -0.4 is 4.74 Å². The first-order chi connectivity index (χ1) is 14.0. The molecule has 0 atom stereocenters. The molecule has 1 amide bonds. The Morgan fingerprint density at radius 1 is 1.10 bits per heavy atom. The fourth-order valence-corrected chi connectivity index (χ4v) is 3.81. The molecule has 1 heterocycles. The monoisotopic (exact) mass is 410 g/mol. The van der Waals surface area contributed by atoms with Crippen LogP contribution in [-0.4, -0.2) is 42.2 Å². The maximum absolute atomic E-state index is 12.8. The van der Waals surface area contributed by atoms with Crippen molar-refractivity contribution in [1.82, 2.24) is 4.90 Å². The molecule has 2 aromatic carbocycles. The molecular weight excluding hydrogens is 388 g/mol. The number of esters is 1. The zero-order valence-corrected chi connectivity index (χ0v) is 17.4. The number of aliphatic imine (C=N–C) groups is 1. The highest BCUT2D eigenvalue weighted by molar-refractivity contribution is 8.18. The molecular formula is C22H22N2O4S. The average molecular weight is 410 g/mol. The van der Waals surface area contributed by atoms with Gasteiger partial charge in [0.25, 0.3) is 5.91 Å². The van der Waals surface area contributed by atoms with Gasteiger partial charge in [-0.25, -0.2) is 9.79 Å². The van der Waals surface area contributed by atoms with Crippen LogP contribution in [0.15, 0.2) is 58.4 Å². The number of likely N-dealkylation sites (N-methyl/N-ethyl adjacent to an activating group) is 1. The van der Waals surface area contributed by atoms with Crippen molar-refractivity contribution >= 4 is 40.6 Å². The van der Waals surface area contributed by atoms with E-state index in [2.05, 4.69) is 4.99 Å². The molecule has 6 nitrogen and oxygen atoms in total. The van der Waals surface area contributed by atoms with Crippen LogP contribution >= 0.6 is 11.8 Å². The van der Waals surface area contributed by atoms with Crippen molar-refractivity contribution in [2.24, 2.45) is 4.99 Å². The Hall–Kier alpha value is -3.06. The molecule has 0 N–H and O–H groups in total. The number of methoxy groups -OCH3 is 1. The van der Waals surface area contributed by atoms with Crippen LogP contribution in [0.3, 0.4) is 0 Å². The van der Waals surface area contributed by atoms with Crippen LogP contribution in [-0.2, 0) is 9.53 Å². The predicted molar refractivity (Wildman–Crippen MR) is 115 cm³/mol. The molecule has 29 heavy (non-hydrogen) atoms. The fourth-order valence-electron chi connectivity index (χ4n) is 2.75. The minimum atomic E-state index is -0.391. The van der Waals surface area contributed by atoms with Gasteiger partial charge in [0.2, 0.25) is 0 Å². The van der Waals surface area contributed by atoms with E-state index in [1.165, 1.54) is 18.9 Å². The number of hydrogen-bond acceptors (Lipinski definition) is 6. The fraction of sp³-hybridized carbons (Fsp3) is 0.227. The number of carbonyl (C=O) groups is 2. The van der Waals surface area contributed by atoms with Gasteiger partial charge in [-0.3, -0.25) is 9.69 Å². The van der Waals surface area contributed by atoms with Crippen molar-refractivity contribution in [2.75, 3.05) is 20.3 Å². The van der Waals surface area contributed by atoms with E-state index in [1.54, 1.807) is 35.2 Å². The molecule has 0 bridgehead atoms. The number of rotatable bonds is 6. The lowest BCUT2D eigenvalue weighted by molar-refractivity contribution is -0.122. The number of thioether (sulfide) groups is 1. The number of nitrogens with zero attached hydrogens (tertiary/aromatic N) is 2. The van der Waals surface area contributed by atoms with Gasteiger partial charge >= 0.3 is 5.97 Å². The van der Waals surface area contributed by atoms with E-state index in [4.69, 9.17) is 9.47 Å². The van der Waals surface area contributed by atoms with Gasteiger partial charge in [0, 0.05) is 6.54 Å². The van der Waals surface area contributed by atoms with E-state index in [-0.39, 0.29) is 5.91 Å². The van der Waals surface area contributed by atoms with Gasteiger partial charge in [0.05, 0.1) is 29.9 Å². The average Bonchev–Trinajstić information content (AvgIpc) is 3.03. The van der Waals surface area contributed by atoms with Gasteiger partial charge in [-0.15, -0.1) is 0 Å². The molecule has 0 radical (unpaired) electrons. The Kier molecular flexibility index (Phi) is 6.72. The van der Waals surface area contributed by atoms with Gasteiger partial charge in [-0.1, -0.05) is 12.1 Å². The number of ether oxygens (including phenoxy) is 2. The molecule has 1 aliphatic rings. The van der Waals surface area contributed by atoms with Crippen LogP contribution in [0, 0.1) is 0 Å². The Morgan fingerprint density at radius 2 is 1.79 bits per heavy atom. The molecule has 0 aromatic heterocycles. The van der Waals surface area contributed by atoms with Crippen LogP contribution in [0.5, 0.6) is 5.75 Å². The highest BCUT2D eigenvalue weighted by Gasteiger charge is 2.32. The largest absolute Gasteiger partial charge is 0.494 e. The Bertz CT molecular complexity index is 950. The first-order valence-corrected chi connectivity index (χ1v) is 10.1. The van der Waals surface area contributed by atoms with Crippen LogP contribution in [0.25, 0.3) is 6.08 Å². The first-order valence-electron chi connectivity index (χ1n) is 9.27. The van der Waals surface area contributed by atoms with Crippen molar-refractivity contribution in [3.8, 4) is 5.75 Å². The molecule has 2 aromatic rings. The minimum Gasteiger partial charge on any atom is -0.494 e. The normalized spacial score (nSPS) is 16.5. The molecule has 0 aliphatic carbocycles. The second-order valence-electron chi connectivity index (χ2n) is 6.09. The van der Waals surface area contributed by atoms with E-state index in [0.29, 0.717) is 28.8 Å². The Labute approximate surface area is 174 Å². The van der Waals surface area contributed by atoms with Crippen molar-refractivity contribution in [1.29, 1.82) is 0 Å². The SMILES string of the molecule is CCOc1ccc(N=C2S/C(=C\c3ccc(C(=O)OC)cc3)C(=O)N2CC)cc1. The van der Waals surface area contributed by atoms with Crippen LogP contribution in [0.2, 0.25) is 0 Å². The van der Waals surface area contributed by atoms with Gasteiger partial charge in [-0.05, 0) is 73.6 Å². The third kappa shape index (κ3) is 4.86. The van der Waals surface area contributed by atoms with Gasteiger partial charge < -0.3 is 9.47 Å². The molecule has 3 rings (SSSR count). The summed E-state index contributed by atoms with van der Waals surface area (Å²) in [7, 11) is 1.34. The first kappa shape index (κ1) is 20.7. The minimum absolute atomic E-state index is 0.0840. The Balaban J connectivity index is 1.82. The van der Waals surface area contributed by atoms with Gasteiger partial charge in [0.1, 0.15) is 5.75 Å². The standard InChI is InChI=1S/C22H22N2O4S/c1-4-24-20(25)19(14-15-6-8-16(9-7-15)21(26)27-3)29-22(24)23-17-10-12-18(13-11-17)28-5-2/h6-14H,4-5H2,1-3H3/b19-14-,23-22?. The van der Waals surface area contributed by atoms with Crippen LogP contribution in [0.4, 0.5) is 5.69 Å². The van der Waals surface area contributed by atoms with E-state index < -0.39 is 5.97 Å². The van der Waals surface area contributed by atoms with Crippen molar-refractivity contribution in [2.45, 2.75) is 13.8 Å². The summed E-state index contributed by atoms with van der Waals surface area (Å²) >= 11 is 1.34. The van der Waals surface area contributed by atoms with E-state index >= 15 is 0 Å². The summed E-state index contributed by atoms with van der Waals surface area (Å²) < 4.78 is 10.2. The summed E-state index contributed by atoms with van der Waals surface area (Å²) in [4.78, 5) is 31.2. The molecule has 1 fully saturated rings. The van der Waals surface area contributed by atoms with Crippen molar-refractivity contribution < 1.29 is 19.1 Å². The predicted octanol–water partition coefficient (Wildman–Crippen LogP) is 4.50. The number of hydrogen-bond donors (Lipinski definition) is 0. The molecule has 0 unspecified atom stereocenters. The molecule has 1 saturated heterocycles. The number of benzene rings is 2. The lowest BCUT2D eigenvalue weighted by atomic mass is 10.1. The highest BCUT2D eigenvalue weighted by atomic mass is 32.2. The smallest absolute Gasteiger partial charge is 0.337 e. The maximum Gasteiger partial charge on any atom is 0.337 e. The van der Waals surface area contributed by atoms with Gasteiger partial charge in [-0.2, -0.15) is 0 Å². The molecule has 7 heteroatoms. The summed E-state index contributed by atoms with van der Waals surface area (Å²) in [6, 6.07) is 14.4. The zero-order chi connectivity index (χ0) is 20.8. The van der Waals surface area contributed by atoms with E-state index in [9.17, 15) is 9.59 Å². The van der Waals surface area contributed by atoms with E-state index in [1.807, 2.05) is 38.1 Å². The maximum atomic E-state index is 12.8. The molecule has 0 saturated carbocycles. The number of amidine groups is 1.